The summed E-state index contributed by atoms with van der Waals surface area (Å²) in [6.07, 6.45) is 4.36. The van der Waals surface area contributed by atoms with Crippen LogP contribution in [-0.4, -0.2) is 19.0 Å². The van der Waals surface area contributed by atoms with E-state index in [0.29, 0.717) is 5.96 Å². The van der Waals surface area contributed by atoms with Gasteiger partial charge in [0.25, 0.3) is 0 Å². The summed E-state index contributed by atoms with van der Waals surface area (Å²) in [4.78, 5) is 4.31. The fourth-order valence-corrected chi connectivity index (χ4v) is 2.07. The minimum absolute atomic E-state index is 0. The molecule has 0 unspecified atom stereocenters. The number of unbranched alkanes of at least 4 members (excludes halogenated alkanes) is 1. The van der Waals surface area contributed by atoms with Crippen molar-refractivity contribution in [3.8, 4) is 0 Å². The number of hydrogen-bond acceptors (Lipinski definition) is 1. The van der Waals surface area contributed by atoms with E-state index in [1.807, 2.05) is 6.07 Å². The van der Waals surface area contributed by atoms with Crippen molar-refractivity contribution in [2.75, 3.05) is 13.1 Å². The first-order chi connectivity index (χ1) is 8.72. The Kier molecular flexibility index (Phi) is 11.3. The van der Waals surface area contributed by atoms with Gasteiger partial charge in [0.15, 0.2) is 5.96 Å². The highest BCUT2D eigenvalue weighted by molar-refractivity contribution is 14.0. The Balaban J connectivity index is 0.00000324. The first-order valence-corrected chi connectivity index (χ1v) is 7.30. The molecule has 0 amide bonds. The molecule has 1 aromatic rings. The summed E-state index contributed by atoms with van der Waals surface area (Å²) in [6, 6.07) is 8.38. The first kappa shape index (κ1) is 18.7. The topological polar surface area (TPSA) is 50.4 Å². The van der Waals surface area contributed by atoms with Crippen molar-refractivity contribution < 1.29 is 0 Å². The maximum Gasteiger partial charge on any atom is 0.188 e. The van der Waals surface area contributed by atoms with Crippen LogP contribution in [0.4, 0.5) is 0 Å². The average molecular weight is 440 g/mol. The molecule has 3 nitrogen and oxygen atoms in total. The van der Waals surface area contributed by atoms with Gasteiger partial charge in [0.1, 0.15) is 0 Å². The van der Waals surface area contributed by atoms with E-state index in [-0.39, 0.29) is 24.0 Å². The lowest BCUT2D eigenvalue weighted by Crippen LogP contribution is -2.32. The summed E-state index contributed by atoms with van der Waals surface area (Å²) in [7, 11) is 0. The van der Waals surface area contributed by atoms with E-state index in [1.54, 1.807) is 0 Å². The second-order valence-electron chi connectivity index (χ2n) is 4.28. The van der Waals surface area contributed by atoms with Gasteiger partial charge in [-0.25, -0.2) is 0 Å². The van der Waals surface area contributed by atoms with Gasteiger partial charge in [0.2, 0.25) is 0 Å². The van der Waals surface area contributed by atoms with Gasteiger partial charge < -0.3 is 11.1 Å². The highest BCUT2D eigenvalue weighted by Gasteiger charge is 1.95. The summed E-state index contributed by atoms with van der Waals surface area (Å²) >= 11 is 3.47. The van der Waals surface area contributed by atoms with Gasteiger partial charge >= 0.3 is 0 Å². The number of hydrogen-bond donors (Lipinski definition) is 2. The third-order valence-electron chi connectivity index (χ3n) is 2.63. The summed E-state index contributed by atoms with van der Waals surface area (Å²) in [5.74, 6) is 0.567. The smallest absolute Gasteiger partial charge is 0.188 e. The summed E-state index contributed by atoms with van der Waals surface area (Å²) in [5, 5.41) is 3.11. The number of rotatable bonds is 7. The normalized spacial score (nSPS) is 10.9. The summed E-state index contributed by atoms with van der Waals surface area (Å²) < 4.78 is 1.13. The van der Waals surface area contributed by atoms with Crippen LogP contribution in [0.25, 0.3) is 0 Å². The molecule has 1 aromatic carbocycles. The molecule has 1 rings (SSSR count). The van der Waals surface area contributed by atoms with Crippen LogP contribution in [0.1, 0.15) is 31.7 Å². The van der Waals surface area contributed by atoms with E-state index >= 15 is 0 Å². The number of aliphatic imine (C=N–C) groups is 1. The summed E-state index contributed by atoms with van der Waals surface area (Å²) in [6.45, 7) is 3.85. The Morgan fingerprint density at radius 2 is 2.16 bits per heavy atom. The molecule has 0 aliphatic carbocycles. The number of halogens is 2. The predicted molar refractivity (Wildman–Crippen MR) is 97.3 cm³/mol. The highest BCUT2D eigenvalue weighted by atomic mass is 127. The Bertz CT molecular complexity index is 383. The third-order valence-corrected chi connectivity index (χ3v) is 3.12. The lowest BCUT2D eigenvalue weighted by molar-refractivity contribution is 0.744. The Morgan fingerprint density at radius 3 is 2.84 bits per heavy atom. The molecule has 108 valence electrons. The van der Waals surface area contributed by atoms with Crippen LogP contribution in [0, 0.1) is 0 Å². The van der Waals surface area contributed by atoms with Crippen LogP contribution in [0.5, 0.6) is 0 Å². The van der Waals surface area contributed by atoms with Crippen molar-refractivity contribution >= 4 is 45.9 Å². The number of aryl methyl sites for hydroxylation is 1. The molecule has 3 N–H and O–H groups in total. The first-order valence-electron chi connectivity index (χ1n) is 6.50. The van der Waals surface area contributed by atoms with Crippen molar-refractivity contribution in [2.45, 2.75) is 32.6 Å². The van der Waals surface area contributed by atoms with Crippen molar-refractivity contribution in [1.29, 1.82) is 0 Å². The zero-order chi connectivity index (χ0) is 13.2. The minimum Gasteiger partial charge on any atom is -0.370 e. The molecule has 5 heteroatoms. The molecule has 0 aromatic heterocycles. The molecule has 0 bridgehead atoms. The number of guanidine groups is 1. The molecule has 19 heavy (non-hydrogen) atoms. The Morgan fingerprint density at radius 1 is 1.37 bits per heavy atom. The molecular weight excluding hydrogens is 417 g/mol. The molecule has 0 fully saturated rings. The van der Waals surface area contributed by atoms with E-state index in [4.69, 9.17) is 5.73 Å². The van der Waals surface area contributed by atoms with Gasteiger partial charge in [-0.2, -0.15) is 0 Å². The van der Waals surface area contributed by atoms with Crippen LogP contribution in [0.15, 0.2) is 33.7 Å². The maximum absolute atomic E-state index is 5.75. The van der Waals surface area contributed by atoms with Gasteiger partial charge in [0.05, 0.1) is 0 Å². The zero-order valence-corrected chi connectivity index (χ0v) is 15.3. The van der Waals surface area contributed by atoms with Crippen molar-refractivity contribution in [3.05, 3.63) is 34.3 Å². The molecule has 0 spiro atoms. The molecule has 0 radical (unpaired) electrons. The van der Waals surface area contributed by atoms with Gasteiger partial charge in [-0.3, -0.25) is 4.99 Å². The minimum atomic E-state index is 0. The van der Waals surface area contributed by atoms with E-state index in [2.05, 4.69) is 51.4 Å². The van der Waals surface area contributed by atoms with E-state index in [0.717, 1.165) is 36.8 Å². The predicted octanol–water partition coefficient (Wildman–Crippen LogP) is 3.70. The fourth-order valence-electron chi connectivity index (χ4n) is 1.62. The van der Waals surface area contributed by atoms with Crippen molar-refractivity contribution in [1.82, 2.24) is 5.32 Å². The fraction of sp³-hybridized carbons (Fsp3) is 0.500. The third kappa shape index (κ3) is 9.27. The Labute approximate surface area is 141 Å². The SMILES string of the molecule is CCCCNC(N)=NCCCc1cccc(Br)c1.I. The lowest BCUT2D eigenvalue weighted by Gasteiger charge is -2.04. The van der Waals surface area contributed by atoms with Gasteiger partial charge in [-0.15, -0.1) is 24.0 Å². The molecular formula is C14H23BrIN3. The molecule has 0 atom stereocenters. The lowest BCUT2D eigenvalue weighted by atomic mass is 10.1. The van der Waals surface area contributed by atoms with Crippen molar-refractivity contribution in [3.63, 3.8) is 0 Å². The summed E-state index contributed by atoms with van der Waals surface area (Å²) in [5.41, 5.74) is 7.08. The number of nitrogens with one attached hydrogen (secondary N) is 1. The van der Waals surface area contributed by atoms with Crippen LogP contribution in [0.2, 0.25) is 0 Å². The quantitative estimate of drug-likeness (QED) is 0.294. The number of benzene rings is 1. The van der Waals surface area contributed by atoms with Crippen molar-refractivity contribution in [2.24, 2.45) is 10.7 Å². The van der Waals surface area contributed by atoms with E-state index in [9.17, 15) is 0 Å². The second-order valence-corrected chi connectivity index (χ2v) is 5.20. The van der Waals surface area contributed by atoms with Gasteiger partial charge in [0, 0.05) is 17.6 Å². The van der Waals surface area contributed by atoms with Crippen LogP contribution in [0.3, 0.4) is 0 Å². The average Bonchev–Trinajstić information content (AvgIpc) is 2.35. The Hall–Kier alpha value is -0.300. The van der Waals surface area contributed by atoms with E-state index < -0.39 is 0 Å². The number of nitrogens with zero attached hydrogens (tertiary/aromatic N) is 1. The molecule has 0 saturated carbocycles. The molecule has 0 heterocycles. The van der Waals surface area contributed by atoms with Gasteiger partial charge in [-0.05, 0) is 37.0 Å². The highest BCUT2D eigenvalue weighted by Crippen LogP contribution is 2.12. The molecule has 0 saturated heterocycles. The monoisotopic (exact) mass is 439 g/mol. The van der Waals surface area contributed by atoms with Crippen LogP contribution < -0.4 is 11.1 Å². The van der Waals surface area contributed by atoms with E-state index in [1.165, 1.54) is 12.0 Å². The van der Waals surface area contributed by atoms with Crippen LogP contribution in [-0.2, 0) is 6.42 Å². The standard InChI is InChI=1S/C14H22BrN3.HI/c1-2-3-9-17-14(16)18-10-5-7-12-6-4-8-13(15)11-12;/h4,6,8,11H,2-3,5,7,9-10H2,1H3,(H3,16,17,18);1H. The molecule has 0 aliphatic rings. The zero-order valence-electron chi connectivity index (χ0n) is 11.4. The molecule has 0 aliphatic heterocycles. The largest absolute Gasteiger partial charge is 0.370 e. The van der Waals surface area contributed by atoms with Gasteiger partial charge in [-0.1, -0.05) is 41.4 Å². The maximum atomic E-state index is 5.75. The number of nitrogens with two attached hydrogens (primary N) is 1. The second kappa shape index (κ2) is 11.5. The van der Waals surface area contributed by atoms with Crippen LogP contribution >= 0.6 is 39.9 Å².